The minimum Gasteiger partial charge on any atom is -0.481 e. The molecule has 1 saturated carbocycles. The van der Waals surface area contributed by atoms with Gasteiger partial charge >= 0.3 is 5.97 Å². The average molecular weight is 598 g/mol. The number of unbranched alkanes of at least 4 members (excludes halogenated alkanes) is 7. The van der Waals surface area contributed by atoms with Crippen LogP contribution in [0.3, 0.4) is 0 Å². The lowest BCUT2D eigenvalue weighted by molar-refractivity contribution is -0.146. The first-order valence-electron chi connectivity index (χ1n) is 17.3. The van der Waals surface area contributed by atoms with Crippen LogP contribution >= 0.6 is 0 Å². The molecule has 0 amide bonds. The Morgan fingerprint density at radius 1 is 0.860 bits per heavy atom. The van der Waals surface area contributed by atoms with Crippen molar-refractivity contribution in [2.45, 2.75) is 153 Å². The van der Waals surface area contributed by atoms with Gasteiger partial charge < -0.3 is 25.4 Å². The maximum atomic E-state index is 12.0. The maximum Gasteiger partial charge on any atom is 0.309 e. The third-order valence-corrected chi connectivity index (χ3v) is 9.82. The van der Waals surface area contributed by atoms with Gasteiger partial charge in [-0.05, 0) is 87.8 Å². The van der Waals surface area contributed by atoms with Crippen molar-refractivity contribution in [3.63, 3.8) is 0 Å². The van der Waals surface area contributed by atoms with Crippen molar-refractivity contribution in [1.82, 2.24) is 4.98 Å². The molecule has 0 aliphatic heterocycles. The number of aromatic nitrogens is 1. The van der Waals surface area contributed by atoms with Gasteiger partial charge in [-0.2, -0.15) is 0 Å². The molecule has 6 nitrogen and oxygen atoms in total. The van der Waals surface area contributed by atoms with Crippen LogP contribution in [0.4, 0.5) is 0 Å². The molecule has 1 heterocycles. The van der Waals surface area contributed by atoms with Crippen molar-refractivity contribution in [3.8, 4) is 0 Å². The molecule has 6 heteroatoms. The number of carbonyl (C=O) groups is 1. The SMILES string of the molecule is CCCCCCCC(O)CCCCCCC(C(=O)O)C(O)CCC1(O)CCCC1Cc1ccc(CCc2ccccc2)[nH]1. The van der Waals surface area contributed by atoms with Crippen molar-refractivity contribution in [2.75, 3.05) is 0 Å². The van der Waals surface area contributed by atoms with E-state index in [1.165, 1.54) is 36.9 Å². The molecular formula is C37H59NO5. The molecule has 1 aromatic carbocycles. The summed E-state index contributed by atoms with van der Waals surface area (Å²) in [5.74, 6) is -1.64. The third kappa shape index (κ3) is 12.8. The fourth-order valence-electron chi connectivity index (χ4n) is 7.00. The number of nitrogens with one attached hydrogen (secondary N) is 1. The van der Waals surface area contributed by atoms with Gasteiger partial charge in [0, 0.05) is 11.4 Å². The van der Waals surface area contributed by atoms with E-state index < -0.39 is 23.6 Å². The first-order chi connectivity index (χ1) is 20.8. The van der Waals surface area contributed by atoms with Crippen LogP contribution in [0.15, 0.2) is 42.5 Å². The summed E-state index contributed by atoms with van der Waals surface area (Å²) in [6.45, 7) is 2.21. The van der Waals surface area contributed by atoms with E-state index in [-0.39, 0.29) is 12.0 Å². The van der Waals surface area contributed by atoms with Crippen LogP contribution in [0.1, 0.15) is 133 Å². The lowest BCUT2D eigenvalue weighted by Crippen LogP contribution is -2.37. The normalized spacial score (nSPS) is 20.7. The van der Waals surface area contributed by atoms with Gasteiger partial charge in [0.25, 0.3) is 0 Å². The van der Waals surface area contributed by atoms with E-state index in [4.69, 9.17) is 0 Å². The highest BCUT2D eigenvalue weighted by molar-refractivity contribution is 5.70. The van der Waals surface area contributed by atoms with Crippen LogP contribution in [0.25, 0.3) is 0 Å². The van der Waals surface area contributed by atoms with Gasteiger partial charge in [0.1, 0.15) is 0 Å². The monoisotopic (exact) mass is 597 g/mol. The number of rotatable bonds is 23. The Labute approximate surface area is 260 Å². The quantitative estimate of drug-likeness (QED) is 0.0840. The second-order valence-corrected chi connectivity index (χ2v) is 13.3. The largest absolute Gasteiger partial charge is 0.481 e. The van der Waals surface area contributed by atoms with Gasteiger partial charge in [0.15, 0.2) is 0 Å². The molecule has 1 aliphatic carbocycles. The molecule has 5 N–H and O–H groups in total. The van der Waals surface area contributed by atoms with Crippen LogP contribution < -0.4 is 0 Å². The molecule has 43 heavy (non-hydrogen) atoms. The molecule has 2 aromatic rings. The molecular weight excluding hydrogens is 538 g/mol. The molecule has 242 valence electrons. The van der Waals surface area contributed by atoms with Gasteiger partial charge in [0.05, 0.1) is 23.7 Å². The van der Waals surface area contributed by atoms with E-state index in [1.807, 2.05) is 6.07 Å². The highest BCUT2D eigenvalue weighted by Gasteiger charge is 2.41. The zero-order chi connectivity index (χ0) is 30.9. The molecule has 1 aromatic heterocycles. The Balaban J connectivity index is 1.35. The number of aliphatic hydroxyl groups is 3. The summed E-state index contributed by atoms with van der Waals surface area (Å²) in [5, 5.41) is 42.4. The van der Waals surface area contributed by atoms with Gasteiger partial charge in [0.2, 0.25) is 0 Å². The van der Waals surface area contributed by atoms with Crippen LogP contribution in [0.2, 0.25) is 0 Å². The van der Waals surface area contributed by atoms with Crippen molar-refractivity contribution in [1.29, 1.82) is 0 Å². The Kier molecular flexibility index (Phi) is 15.8. The molecule has 0 spiro atoms. The number of aliphatic carboxylic acids is 1. The highest BCUT2D eigenvalue weighted by Crippen LogP contribution is 2.41. The van der Waals surface area contributed by atoms with E-state index in [0.717, 1.165) is 82.7 Å². The molecule has 0 bridgehead atoms. The second kappa shape index (κ2) is 19.3. The van der Waals surface area contributed by atoms with Gasteiger partial charge in [-0.25, -0.2) is 0 Å². The predicted octanol–water partition coefficient (Wildman–Crippen LogP) is 7.78. The first-order valence-corrected chi connectivity index (χ1v) is 17.3. The van der Waals surface area contributed by atoms with E-state index in [0.29, 0.717) is 25.7 Å². The predicted molar refractivity (Wildman–Crippen MR) is 174 cm³/mol. The molecule has 0 radical (unpaired) electrons. The smallest absolute Gasteiger partial charge is 0.309 e. The fraction of sp³-hybridized carbons (Fsp3) is 0.703. The number of benzene rings is 1. The van der Waals surface area contributed by atoms with Gasteiger partial charge in [-0.15, -0.1) is 0 Å². The van der Waals surface area contributed by atoms with E-state index in [2.05, 4.69) is 48.3 Å². The summed E-state index contributed by atoms with van der Waals surface area (Å²) in [4.78, 5) is 15.5. The van der Waals surface area contributed by atoms with E-state index >= 15 is 0 Å². The first kappa shape index (κ1) is 35.3. The van der Waals surface area contributed by atoms with Gasteiger partial charge in [-0.3, -0.25) is 4.79 Å². The maximum absolute atomic E-state index is 12.0. The van der Waals surface area contributed by atoms with Crippen LogP contribution in [-0.2, 0) is 24.1 Å². The topological polar surface area (TPSA) is 114 Å². The molecule has 3 rings (SSSR count). The molecule has 1 fully saturated rings. The molecule has 5 unspecified atom stereocenters. The summed E-state index contributed by atoms with van der Waals surface area (Å²) in [5.41, 5.74) is 2.79. The number of carboxylic acid groups (broad SMARTS) is 1. The zero-order valence-corrected chi connectivity index (χ0v) is 26.7. The summed E-state index contributed by atoms with van der Waals surface area (Å²) >= 11 is 0. The lowest BCUT2D eigenvalue weighted by atomic mass is 9.81. The number of hydrogen-bond acceptors (Lipinski definition) is 4. The number of hydrogen-bond donors (Lipinski definition) is 5. The molecule has 0 saturated heterocycles. The average Bonchev–Trinajstić information content (AvgIpc) is 3.61. The summed E-state index contributed by atoms with van der Waals surface area (Å²) in [6, 6.07) is 14.7. The van der Waals surface area contributed by atoms with Crippen molar-refractivity contribution in [3.05, 3.63) is 59.4 Å². The number of aryl methyl sites for hydroxylation is 2. The number of aliphatic hydroxyl groups excluding tert-OH is 2. The number of aromatic amines is 1. The standard InChI is InChI=1S/C37H59NO5/c1-2-3-4-5-11-18-33(39)19-12-6-7-13-20-34(36(41)42)35(40)25-27-37(43)26-14-17-30(37)28-32-24-23-31(38-32)22-21-29-15-9-8-10-16-29/h8-10,15-16,23-24,30,33-35,38-40,43H,2-7,11-14,17-22,25-28H2,1H3,(H,41,42). The second-order valence-electron chi connectivity index (χ2n) is 13.3. The summed E-state index contributed by atoms with van der Waals surface area (Å²) in [7, 11) is 0. The van der Waals surface area contributed by atoms with Crippen molar-refractivity contribution < 1.29 is 25.2 Å². The Morgan fingerprint density at radius 3 is 2.19 bits per heavy atom. The fourth-order valence-corrected chi connectivity index (χ4v) is 7.00. The minimum atomic E-state index is -0.951. The van der Waals surface area contributed by atoms with Crippen molar-refractivity contribution in [2.24, 2.45) is 11.8 Å². The summed E-state index contributed by atoms with van der Waals surface area (Å²) in [6.07, 6.45) is 16.7. The van der Waals surface area contributed by atoms with E-state index in [1.54, 1.807) is 0 Å². The zero-order valence-electron chi connectivity index (χ0n) is 26.7. The number of carboxylic acids is 1. The minimum absolute atomic E-state index is 0.107. The summed E-state index contributed by atoms with van der Waals surface area (Å²) < 4.78 is 0. The number of H-pyrrole nitrogens is 1. The van der Waals surface area contributed by atoms with Gasteiger partial charge in [-0.1, -0.05) is 101 Å². The Hall–Kier alpha value is -2.15. The Bertz CT molecular complexity index is 1020. The Morgan fingerprint density at radius 2 is 1.51 bits per heavy atom. The molecule has 1 aliphatic rings. The third-order valence-electron chi connectivity index (χ3n) is 9.82. The van der Waals surface area contributed by atoms with E-state index in [9.17, 15) is 25.2 Å². The lowest BCUT2D eigenvalue weighted by Gasteiger charge is -2.32. The van der Waals surface area contributed by atoms with Crippen LogP contribution in [0.5, 0.6) is 0 Å². The molecule has 5 atom stereocenters. The van der Waals surface area contributed by atoms with Crippen LogP contribution in [-0.4, -0.2) is 49.2 Å². The van der Waals surface area contributed by atoms with Crippen molar-refractivity contribution >= 4 is 5.97 Å². The highest BCUT2D eigenvalue weighted by atomic mass is 16.4. The van der Waals surface area contributed by atoms with Crippen LogP contribution in [0, 0.1) is 11.8 Å².